The normalized spacial score (nSPS) is 42.2. The van der Waals surface area contributed by atoms with Crippen molar-refractivity contribution in [2.75, 3.05) is 0 Å². The van der Waals surface area contributed by atoms with Gasteiger partial charge in [0.05, 0.1) is 0 Å². The average Bonchev–Trinajstić information content (AvgIpc) is 3.05. The fraction of sp³-hybridized carbons (Fsp3) is 0.765. The van der Waals surface area contributed by atoms with Crippen molar-refractivity contribution in [2.45, 2.75) is 52.9 Å². The van der Waals surface area contributed by atoms with Gasteiger partial charge in [0.2, 0.25) is 0 Å². The third-order valence-corrected chi connectivity index (χ3v) is 5.57. The summed E-state index contributed by atoms with van der Waals surface area (Å²) < 4.78 is 0. The second kappa shape index (κ2) is 5.00. The lowest BCUT2D eigenvalue weighted by molar-refractivity contribution is 0.126. The Bertz CT molecular complexity index is 297. The monoisotopic (exact) mass is 232 g/mol. The van der Waals surface area contributed by atoms with Crippen LogP contribution in [0.1, 0.15) is 52.9 Å². The molecule has 0 saturated heterocycles. The van der Waals surface area contributed by atoms with Crippen LogP contribution in [0.3, 0.4) is 0 Å². The summed E-state index contributed by atoms with van der Waals surface area (Å²) in [5, 5.41) is 0. The molecule has 0 spiro atoms. The van der Waals surface area contributed by atoms with Crippen molar-refractivity contribution in [3.05, 3.63) is 24.8 Å². The van der Waals surface area contributed by atoms with Crippen LogP contribution in [0.5, 0.6) is 0 Å². The van der Waals surface area contributed by atoms with E-state index in [1.54, 1.807) is 0 Å². The number of rotatable bonds is 5. The van der Waals surface area contributed by atoms with E-state index in [1.807, 2.05) is 0 Å². The van der Waals surface area contributed by atoms with Crippen LogP contribution in [0, 0.1) is 29.1 Å². The van der Waals surface area contributed by atoms with E-state index in [1.165, 1.54) is 32.1 Å². The van der Waals surface area contributed by atoms with E-state index in [4.69, 9.17) is 0 Å². The van der Waals surface area contributed by atoms with Gasteiger partial charge in [0.1, 0.15) is 0 Å². The molecule has 2 aliphatic rings. The van der Waals surface area contributed by atoms with E-state index in [0.717, 1.165) is 17.8 Å². The van der Waals surface area contributed by atoms with Crippen molar-refractivity contribution in [1.29, 1.82) is 0 Å². The van der Waals surface area contributed by atoms with E-state index < -0.39 is 0 Å². The molecule has 0 aliphatic heterocycles. The first-order chi connectivity index (χ1) is 8.19. The molecule has 2 aliphatic carbocycles. The van der Waals surface area contributed by atoms with Crippen molar-refractivity contribution < 1.29 is 0 Å². The Morgan fingerprint density at radius 2 is 2.24 bits per heavy atom. The molecule has 0 heterocycles. The summed E-state index contributed by atoms with van der Waals surface area (Å²) in [6, 6.07) is 0. The van der Waals surface area contributed by atoms with Gasteiger partial charge < -0.3 is 0 Å². The summed E-state index contributed by atoms with van der Waals surface area (Å²) >= 11 is 0. The van der Waals surface area contributed by atoms with Crippen molar-refractivity contribution in [3.8, 4) is 0 Å². The van der Waals surface area contributed by atoms with Gasteiger partial charge in [-0.3, -0.25) is 0 Å². The van der Waals surface area contributed by atoms with E-state index >= 15 is 0 Å². The minimum Gasteiger partial charge on any atom is -0.103 e. The van der Waals surface area contributed by atoms with Gasteiger partial charge in [0.15, 0.2) is 0 Å². The molecule has 0 N–H and O–H groups in total. The van der Waals surface area contributed by atoms with Crippen LogP contribution in [-0.2, 0) is 0 Å². The highest BCUT2D eigenvalue weighted by atomic mass is 14.6. The summed E-state index contributed by atoms with van der Waals surface area (Å²) in [6.45, 7) is 11.1. The number of hydrogen-bond donors (Lipinski definition) is 0. The number of fused-ring (bicyclic) bond motifs is 1. The van der Waals surface area contributed by atoms with Gasteiger partial charge in [-0.1, -0.05) is 44.9 Å². The maximum atomic E-state index is 4.10. The molecule has 96 valence electrons. The molecular weight excluding hydrogens is 204 g/mol. The zero-order valence-corrected chi connectivity index (χ0v) is 11.8. The SMILES string of the molecule is C=CC(C/C=C\C)[C@]1(C)CCC[C@@H]2C(CC)C21. The Hall–Kier alpha value is -0.520. The van der Waals surface area contributed by atoms with Crippen LogP contribution >= 0.6 is 0 Å². The third-order valence-electron chi connectivity index (χ3n) is 5.57. The highest BCUT2D eigenvalue weighted by Crippen LogP contribution is 2.67. The number of allylic oxidation sites excluding steroid dienone is 3. The molecule has 0 amide bonds. The van der Waals surface area contributed by atoms with Crippen LogP contribution < -0.4 is 0 Å². The summed E-state index contributed by atoms with van der Waals surface area (Å²) in [6.07, 6.45) is 13.7. The van der Waals surface area contributed by atoms with Crippen LogP contribution in [0.4, 0.5) is 0 Å². The first-order valence-corrected chi connectivity index (χ1v) is 7.42. The quantitative estimate of drug-likeness (QED) is 0.570. The Morgan fingerprint density at radius 1 is 1.47 bits per heavy atom. The molecule has 0 nitrogen and oxygen atoms in total. The van der Waals surface area contributed by atoms with Gasteiger partial charge in [-0.05, 0) is 55.3 Å². The molecule has 0 bridgehead atoms. The second-order valence-corrected chi connectivity index (χ2v) is 6.31. The van der Waals surface area contributed by atoms with Gasteiger partial charge in [-0.2, -0.15) is 0 Å². The standard InChI is InChI=1S/C17H28/c1-5-8-10-13(6-2)17(4)12-9-11-15-14(7-3)16(15)17/h5-6,8,13-16H,2,7,9-12H2,1,3-4H3/b8-5-/t13?,14?,15-,16?,17+/m1/s1. The molecule has 2 fully saturated rings. The lowest BCUT2D eigenvalue weighted by Crippen LogP contribution is -2.31. The average molecular weight is 232 g/mol. The minimum absolute atomic E-state index is 0.533. The largest absolute Gasteiger partial charge is 0.103 e. The molecule has 3 unspecified atom stereocenters. The molecule has 2 rings (SSSR count). The van der Waals surface area contributed by atoms with Gasteiger partial charge in [0, 0.05) is 0 Å². The fourth-order valence-electron chi connectivity index (χ4n) is 4.61. The summed E-state index contributed by atoms with van der Waals surface area (Å²) in [4.78, 5) is 0. The highest BCUT2D eigenvalue weighted by molar-refractivity contribution is 5.12. The Labute approximate surface area is 107 Å². The van der Waals surface area contributed by atoms with Crippen LogP contribution in [0.15, 0.2) is 24.8 Å². The molecule has 0 aromatic carbocycles. The fourth-order valence-corrected chi connectivity index (χ4v) is 4.61. The minimum atomic E-state index is 0.533. The molecule has 0 aromatic rings. The maximum Gasteiger partial charge on any atom is -0.0145 e. The Kier molecular flexibility index (Phi) is 3.80. The Morgan fingerprint density at radius 3 is 2.82 bits per heavy atom. The number of hydrogen-bond acceptors (Lipinski definition) is 0. The predicted octanol–water partition coefficient (Wildman–Crippen LogP) is 5.22. The molecule has 17 heavy (non-hydrogen) atoms. The van der Waals surface area contributed by atoms with E-state index in [2.05, 4.69) is 45.6 Å². The first kappa shape index (κ1) is 12.9. The van der Waals surface area contributed by atoms with E-state index in [9.17, 15) is 0 Å². The highest BCUT2D eigenvalue weighted by Gasteiger charge is 2.60. The van der Waals surface area contributed by atoms with Crippen LogP contribution in [0.25, 0.3) is 0 Å². The molecule has 2 saturated carbocycles. The van der Waals surface area contributed by atoms with Gasteiger partial charge >= 0.3 is 0 Å². The molecule has 0 radical (unpaired) electrons. The van der Waals surface area contributed by atoms with Crippen LogP contribution in [-0.4, -0.2) is 0 Å². The smallest absolute Gasteiger partial charge is 0.0145 e. The maximum absolute atomic E-state index is 4.10. The van der Waals surface area contributed by atoms with Crippen molar-refractivity contribution in [1.82, 2.24) is 0 Å². The summed E-state index contributed by atoms with van der Waals surface area (Å²) in [5.41, 5.74) is 0.533. The van der Waals surface area contributed by atoms with E-state index in [-0.39, 0.29) is 0 Å². The zero-order chi connectivity index (χ0) is 12.5. The van der Waals surface area contributed by atoms with Gasteiger partial charge in [-0.25, -0.2) is 0 Å². The third kappa shape index (κ3) is 2.11. The second-order valence-electron chi connectivity index (χ2n) is 6.31. The lowest BCUT2D eigenvalue weighted by atomic mass is 9.65. The molecule has 0 aromatic heterocycles. The Balaban J connectivity index is 2.13. The van der Waals surface area contributed by atoms with E-state index in [0.29, 0.717) is 11.3 Å². The van der Waals surface area contributed by atoms with Crippen molar-refractivity contribution in [2.24, 2.45) is 29.1 Å². The zero-order valence-electron chi connectivity index (χ0n) is 11.8. The lowest BCUT2D eigenvalue weighted by Gasteiger charge is -2.39. The summed E-state index contributed by atoms with van der Waals surface area (Å²) in [7, 11) is 0. The van der Waals surface area contributed by atoms with Gasteiger partial charge in [-0.15, -0.1) is 6.58 Å². The molecule has 0 heteroatoms. The topological polar surface area (TPSA) is 0 Å². The predicted molar refractivity (Wildman–Crippen MR) is 75.8 cm³/mol. The molecular formula is C17H28. The van der Waals surface area contributed by atoms with Crippen molar-refractivity contribution >= 4 is 0 Å². The van der Waals surface area contributed by atoms with Crippen LogP contribution in [0.2, 0.25) is 0 Å². The van der Waals surface area contributed by atoms with Gasteiger partial charge in [0.25, 0.3) is 0 Å². The summed E-state index contributed by atoms with van der Waals surface area (Å²) in [5.74, 6) is 3.75. The molecule has 5 atom stereocenters. The van der Waals surface area contributed by atoms with Crippen molar-refractivity contribution in [3.63, 3.8) is 0 Å². The first-order valence-electron chi connectivity index (χ1n) is 7.42.